The van der Waals surface area contributed by atoms with Crippen molar-refractivity contribution in [2.75, 3.05) is 6.54 Å². The Morgan fingerprint density at radius 2 is 1.79 bits per heavy atom. The first kappa shape index (κ1) is 18.7. The Labute approximate surface area is 142 Å². The fraction of sp³-hybridized carbons (Fsp3) is 0.625. The summed E-state index contributed by atoms with van der Waals surface area (Å²) in [5.41, 5.74) is 1.07. The molecule has 24 heavy (non-hydrogen) atoms. The molecule has 0 fully saturated rings. The minimum absolute atomic E-state index is 0.119. The maximum Gasteiger partial charge on any atom is 0.245 e. The Bertz CT molecular complexity index is 793. The number of nitrogens with zero attached hydrogens (tertiary/aromatic N) is 2. The van der Waals surface area contributed by atoms with Crippen molar-refractivity contribution < 1.29 is 17.4 Å². The van der Waals surface area contributed by atoms with Gasteiger partial charge in [-0.05, 0) is 27.2 Å². The molecule has 2 rings (SSSR count). The zero-order valence-corrected chi connectivity index (χ0v) is 15.9. The molecule has 2 heterocycles. The number of oxazole rings is 1. The fourth-order valence-electron chi connectivity index (χ4n) is 2.37. The van der Waals surface area contributed by atoms with Gasteiger partial charge in [0.2, 0.25) is 10.0 Å². The topological polar surface area (TPSA) is 98.2 Å². The minimum atomic E-state index is -3.61. The van der Waals surface area contributed by atoms with Crippen LogP contribution in [0.4, 0.5) is 0 Å². The first-order chi connectivity index (χ1) is 11.0. The summed E-state index contributed by atoms with van der Waals surface area (Å²) in [5.74, 6) is 1.80. The van der Waals surface area contributed by atoms with Gasteiger partial charge in [-0.2, -0.15) is 0 Å². The predicted molar refractivity (Wildman–Crippen MR) is 89.4 cm³/mol. The average Bonchev–Trinajstić information content (AvgIpc) is 2.98. The SMILES string of the molecule is Cc1nc(C(C)(C)C)oc1CCCNS(=O)(=O)c1c(C)noc1C. The van der Waals surface area contributed by atoms with Gasteiger partial charge in [-0.25, -0.2) is 18.1 Å². The highest BCUT2D eigenvalue weighted by Crippen LogP contribution is 2.24. The van der Waals surface area contributed by atoms with Crippen LogP contribution in [0.15, 0.2) is 13.8 Å². The molecule has 8 heteroatoms. The van der Waals surface area contributed by atoms with Crippen LogP contribution in [0.5, 0.6) is 0 Å². The molecular formula is C16H25N3O4S. The van der Waals surface area contributed by atoms with Crippen molar-refractivity contribution in [1.29, 1.82) is 0 Å². The number of hydrogen-bond acceptors (Lipinski definition) is 6. The number of hydrogen-bond donors (Lipinski definition) is 1. The van der Waals surface area contributed by atoms with Crippen molar-refractivity contribution in [3.63, 3.8) is 0 Å². The van der Waals surface area contributed by atoms with Crippen LogP contribution in [0, 0.1) is 20.8 Å². The molecule has 2 aromatic rings. The van der Waals surface area contributed by atoms with Gasteiger partial charge >= 0.3 is 0 Å². The van der Waals surface area contributed by atoms with Crippen LogP contribution in [0.25, 0.3) is 0 Å². The van der Waals surface area contributed by atoms with Crippen molar-refractivity contribution in [2.45, 2.75) is 64.7 Å². The Hall–Kier alpha value is -1.67. The highest BCUT2D eigenvalue weighted by atomic mass is 32.2. The van der Waals surface area contributed by atoms with E-state index in [1.54, 1.807) is 13.8 Å². The summed E-state index contributed by atoms with van der Waals surface area (Å²) in [6.07, 6.45) is 1.24. The molecule has 0 aliphatic carbocycles. The van der Waals surface area contributed by atoms with E-state index in [0.29, 0.717) is 36.7 Å². The van der Waals surface area contributed by atoms with Gasteiger partial charge in [0, 0.05) is 18.4 Å². The van der Waals surface area contributed by atoms with Gasteiger partial charge < -0.3 is 8.94 Å². The summed E-state index contributed by atoms with van der Waals surface area (Å²) in [6, 6.07) is 0. The van der Waals surface area contributed by atoms with Crippen molar-refractivity contribution in [2.24, 2.45) is 0 Å². The zero-order valence-electron chi connectivity index (χ0n) is 15.1. The lowest BCUT2D eigenvalue weighted by Gasteiger charge is -2.12. The Balaban J connectivity index is 1.95. The predicted octanol–water partition coefficient (Wildman–Crippen LogP) is 2.80. The highest BCUT2D eigenvalue weighted by Gasteiger charge is 2.24. The summed E-state index contributed by atoms with van der Waals surface area (Å²) in [5, 5.41) is 3.68. The quantitative estimate of drug-likeness (QED) is 0.800. The lowest BCUT2D eigenvalue weighted by Crippen LogP contribution is -2.26. The fourth-order valence-corrected chi connectivity index (χ4v) is 3.77. The molecule has 0 saturated carbocycles. The molecular weight excluding hydrogens is 330 g/mol. The van der Waals surface area contributed by atoms with E-state index in [0.717, 1.165) is 11.5 Å². The van der Waals surface area contributed by atoms with E-state index < -0.39 is 10.0 Å². The Morgan fingerprint density at radius 1 is 1.12 bits per heavy atom. The lowest BCUT2D eigenvalue weighted by molar-refractivity contribution is 0.370. The molecule has 0 aromatic carbocycles. The van der Waals surface area contributed by atoms with E-state index in [1.165, 1.54) is 0 Å². The van der Waals surface area contributed by atoms with Gasteiger partial charge in [-0.3, -0.25) is 0 Å². The lowest BCUT2D eigenvalue weighted by atomic mass is 9.97. The van der Waals surface area contributed by atoms with Crippen LogP contribution in [-0.4, -0.2) is 25.1 Å². The molecule has 0 unspecified atom stereocenters. The van der Waals surface area contributed by atoms with Crippen molar-refractivity contribution >= 4 is 10.0 Å². The van der Waals surface area contributed by atoms with Gasteiger partial charge in [0.05, 0.1) is 5.69 Å². The molecule has 0 atom stereocenters. The third kappa shape index (κ3) is 4.05. The molecule has 7 nitrogen and oxygen atoms in total. The number of aryl methyl sites for hydroxylation is 4. The number of rotatable bonds is 6. The second-order valence-corrected chi connectivity index (χ2v) is 8.64. The van der Waals surface area contributed by atoms with Crippen molar-refractivity contribution in [3.8, 4) is 0 Å². The summed E-state index contributed by atoms with van der Waals surface area (Å²) in [7, 11) is -3.61. The van der Waals surface area contributed by atoms with Gasteiger partial charge in [0.1, 0.15) is 16.3 Å². The maximum absolute atomic E-state index is 12.3. The molecule has 0 aliphatic heterocycles. The maximum atomic E-state index is 12.3. The summed E-state index contributed by atoms with van der Waals surface area (Å²) in [4.78, 5) is 4.57. The van der Waals surface area contributed by atoms with E-state index in [9.17, 15) is 8.42 Å². The van der Waals surface area contributed by atoms with Crippen LogP contribution in [0.3, 0.4) is 0 Å². The number of aromatic nitrogens is 2. The van der Waals surface area contributed by atoms with Gasteiger partial charge in [0.15, 0.2) is 11.7 Å². The number of sulfonamides is 1. The van der Waals surface area contributed by atoms with Crippen molar-refractivity contribution in [1.82, 2.24) is 14.9 Å². The second-order valence-electron chi connectivity index (χ2n) is 6.93. The molecule has 1 N–H and O–H groups in total. The van der Waals surface area contributed by atoms with E-state index in [-0.39, 0.29) is 10.3 Å². The van der Waals surface area contributed by atoms with Crippen LogP contribution in [-0.2, 0) is 21.9 Å². The smallest absolute Gasteiger partial charge is 0.245 e. The summed E-state index contributed by atoms with van der Waals surface area (Å²) < 4.78 is 37.9. The minimum Gasteiger partial charge on any atom is -0.445 e. The third-order valence-corrected chi connectivity index (χ3v) is 5.35. The molecule has 134 valence electrons. The Morgan fingerprint density at radius 3 is 2.29 bits per heavy atom. The summed E-state index contributed by atoms with van der Waals surface area (Å²) in [6.45, 7) is 11.5. The first-order valence-electron chi connectivity index (χ1n) is 7.91. The van der Waals surface area contributed by atoms with Crippen LogP contribution in [0.2, 0.25) is 0 Å². The molecule has 0 bridgehead atoms. The highest BCUT2D eigenvalue weighted by molar-refractivity contribution is 7.89. The standard InChI is InChI=1S/C16H25N3O4S/c1-10-13(22-15(18-10)16(4,5)6)8-7-9-17-24(20,21)14-11(2)19-23-12(14)3/h17H,7-9H2,1-6H3. The van der Waals surface area contributed by atoms with Crippen LogP contribution in [0.1, 0.15) is 56.0 Å². The molecule has 0 aliphatic rings. The van der Waals surface area contributed by atoms with E-state index in [2.05, 4.69) is 14.9 Å². The van der Waals surface area contributed by atoms with E-state index in [4.69, 9.17) is 8.94 Å². The molecule has 0 radical (unpaired) electrons. The van der Waals surface area contributed by atoms with Crippen molar-refractivity contribution in [3.05, 3.63) is 28.8 Å². The van der Waals surface area contributed by atoms with Gasteiger partial charge in [-0.1, -0.05) is 25.9 Å². The average molecular weight is 355 g/mol. The Kier molecular flexibility index (Phi) is 5.19. The monoisotopic (exact) mass is 355 g/mol. The zero-order chi connectivity index (χ0) is 18.1. The van der Waals surface area contributed by atoms with E-state index in [1.807, 2.05) is 27.7 Å². The van der Waals surface area contributed by atoms with Gasteiger partial charge in [-0.15, -0.1) is 0 Å². The summed E-state index contributed by atoms with van der Waals surface area (Å²) >= 11 is 0. The first-order valence-corrected chi connectivity index (χ1v) is 9.40. The molecule has 0 amide bonds. The molecule has 2 aromatic heterocycles. The third-order valence-electron chi connectivity index (χ3n) is 3.64. The molecule has 0 spiro atoms. The normalized spacial score (nSPS) is 12.8. The van der Waals surface area contributed by atoms with Gasteiger partial charge in [0.25, 0.3) is 0 Å². The largest absolute Gasteiger partial charge is 0.445 e. The van der Waals surface area contributed by atoms with Crippen LogP contribution < -0.4 is 4.72 Å². The van der Waals surface area contributed by atoms with Crippen LogP contribution >= 0.6 is 0 Å². The number of nitrogens with one attached hydrogen (secondary N) is 1. The second kappa shape index (κ2) is 6.68. The van der Waals surface area contributed by atoms with E-state index >= 15 is 0 Å². The molecule has 0 saturated heterocycles.